The van der Waals surface area contributed by atoms with Crippen LogP contribution in [0.3, 0.4) is 0 Å². The third kappa shape index (κ3) is 3.28. The third-order valence-corrected chi connectivity index (χ3v) is 2.99. The first kappa shape index (κ1) is 11.6. The molecule has 0 aliphatic rings. The van der Waals surface area contributed by atoms with Gasteiger partial charge in [0.2, 0.25) is 11.9 Å². The predicted octanol–water partition coefficient (Wildman–Crippen LogP) is 1.18. The van der Waals surface area contributed by atoms with Crippen molar-refractivity contribution in [1.29, 1.82) is 0 Å². The minimum atomic E-state index is 0.149. The standard InChI is InChI=1S/C10H13N5OS/c1-16-10-14-8(11)13-9(15-10)12-5-4-7-3-2-6-17-7/h2-3,6H,4-5H2,1H3,(H3,11,12,13,14,15). The van der Waals surface area contributed by atoms with E-state index >= 15 is 0 Å². The topological polar surface area (TPSA) is 86.0 Å². The molecule has 0 atom stereocenters. The van der Waals surface area contributed by atoms with Crippen LogP contribution in [-0.2, 0) is 6.42 Å². The van der Waals surface area contributed by atoms with Crippen molar-refractivity contribution in [2.75, 3.05) is 24.7 Å². The lowest BCUT2D eigenvalue weighted by Crippen LogP contribution is -2.10. The van der Waals surface area contributed by atoms with E-state index in [2.05, 4.69) is 31.7 Å². The second-order valence-electron chi connectivity index (χ2n) is 3.26. The number of nitrogen functional groups attached to an aromatic ring is 1. The van der Waals surface area contributed by atoms with Gasteiger partial charge in [0.05, 0.1) is 7.11 Å². The molecule has 2 heterocycles. The first-order valence-electron chi connectivity index (χ1n) is 5.09. The number of nitrogens with one attached hydrogen (secondary N) is 1. The summed E-state index contributed by atoms with van der Waals surface area (Å²) in [4.78, 5) is 13.1. The zero-order valence-electron chi connectivity index (χ0n) is 9.38. The lowest BCUT2D eigenvalue weighted by atomic mass is 10.3. The second-order valence-corrected chi connectivity index (χ2v) is 4.29. The first-order chi connectivity index (χ1) is 8.28. The van der Waals surface area contributed by atoms with E-state index in [9.17, 15) is 0 Å². The first-order valence-corrected chi connectivity index (χ1v) is 5.97. The molecule has 17 heavy (non-hydrogen) atoms. The van der Waals surface area contributed by atoms with Crippen LogP contribution in [0.2, 0.25) is 0 Å². The number of ether oxygens (including phenoxy) is 1. The average Bonchev–Trinajstić information content (AvgIpc) is 2.81. The van der Waals surface area contributed by atoms with E-state index in [4.69, 9.17) is 10.5 Å². The number of hydrogen-bond acceptors (Lipinski definition) is 7. The number of anilines is 2. The van der Waals surface area contributed by atoms with Gasteiger partial charge in [0.25, 0.3) is 0 Å². The maximum atomic E-state index is 5.52. The van der Waals surface area contributed by atoms with E-state index in [1.807, 2.05) is 6.07 Å². The van der Waals surface area contributed by atoms with Crippen LogP contribution in [0.15, 0.2) is 17.5 Å². The zero-order chi connectivity index (χ0) is 12.1. The van der Waals surface area contributed by atoms with Gasteiger partial charge in [-0.3, -0.25) is 0 Å². The number of nitrogens with two attached hydrogens (primary N) is 1. The third-order valence-electron chi connectivity index (χ3n) is 2.05. The molecule has 0 bridgehead atoms. The number of methoxy groups -OCH3 is 1. The van der Waals surface area contributed by atoms with Gasteiger partial charge >= 0.3 is 6.01 Å². The molecular formula is C10H13N5OS. The highest BCUT2D eigenvalue weighted by atomic mass is 32.1. The molecule has 2 aromatic heterocycles. The monoisotopic (exact) mass is 251 g/mol. The Hall–Kier alpha value is -1.89. The number of rotatable bonds is 5. The predicted molar refractivity (Wildman–Crippen MR) is 67.3 cm³/mol. The van der Waals surface area contributed by atoms with Crippen molar-refractivity contribution in [3.05, 3.63) is 22.4 Å². The van der Waals surface area contributed by atoms with Crippen LogP contribution in [0, 0.1) is 0 Å². The number of aromatic nitrogens is 3. The van der Waals surface area contributed by atoms with E-state index in [0.717, 1.165) is 13.0 Å². The zero-order valence-corrected chi connectivity index (χ0v) is 10.2. The number of thiophene rings is 1. The van der Waals surface area contributed by atoms with Gasteiger partial charge in [-0.2, -0.15) is 15.0 Å². The van der Waals surface area contributed by atoms with Gasteiger partial charge in [0.15, 0.2) is 0 Å². The molecule has 0 aliphatic heterocycles. The Morgan fingerprint density at radius 3 is 3.00 bits per heavy atom. The Bertz CT molecular complexity index is 474. The van der Waals surface area contributed by atoms with Gasteiger partial charge in [-0.25, -0.2) is 0 Å². The maximum absolute atomic E-state index is 5.52. The number of nitrogens with zero attached hydrogens (tertiary/aromatic N) is 3. The van der Waals surface area contributed by atoms with Crippen molar-refractivity contribution >= 4 is 23.2 Å². The Morgan fingerprint density at radius 1 is 1.41 bits per heavy atom. The van der Waals surface area contributed by atoms with Crippen molar-refractivity contribution in [2.24, 2.45) is 0 Å². The van der Waals surface area contributed by atoms with Crippen LogP contribution >= 0.6 is 11.3 Å². The molecule has 0 unspecified atom stereocenters. The summed E-state index contributed by atoms with van der Waals surface area (Å²) >= 11 is 1.73. The van der Waals surface area contributed by atoms with Gasteiger partial charge in [-0.15, -0.1) is 11.3 Å². The SMILES string of the molecule is COc1nc(N)nc(NCCc2cccs2)n1. The molecular weight excluding hydrogens is 238 g/mol. The molecule has 90 valence electrons. The van der Waals surface area contributed by atoms with Crippen LogP contribution in [0.4, 0.5) is 11.9 Å². The molecule has 3 N–H and O–H groups in total. The fourth-order valence-corrected chi connectivity index (χ4v) is 2.00. The van der Waals surface area contributed by atoms with Gasteiger partial charge in [0.1, 0.15) is 0 Å². The average molecular weight is 251 g/mol. The normalized spacial score (nSPS) is 10.2. The molecule has 0 radical (unpaired) electrons. The fraction of sp³-hybridized carbons (Fsp3) is 0.300. The molecule has 0 saturated carbocycles. The van der Waals surface area contributed by atoms with Gasteiger partial charge in [-0.05, 0) is 17.9 Å². The summed E-state index contributed by atoms with van der Waals surface area (Å²) in [6, 6.07) is 4.34. The minimum absolute atomic E-state index is 0.149. The lowest BCUT2D eigenvalue weighted by molar-refractivity contribution is 0.379. The van der Waals surface area contributed by atoms with Gasteiger partial charge in [-0.1, -0.05) is 6.07 Å². The summed E-state index contributed by atoms with van der Waals surface area (Å²) in [6.45, 7) is 0.743. The highest BCUT2D eigenvalue weighted by molar-refractivity contribution is 7.09. The Morgan fingerprint density at radius 2 is 2.29 bits per heavy atom. The quantitative estimate of drug-likeness (QED) is 0.830. The molecule has 0 aromatic carbocycles. The van der Waals surface area contributed by atoms with E-state index in [1.54, 1.807) is 11.3 Å². The van der Waals surface area contributed by atoms with Gasteiger partial charge in [0, 0.05) is 11.4 Å². The van der Waals surface area contributed by atoms with Crippen LogP contribution in [-0.4, -0.2) is 28.6 Å². The maximum Gasteiger partial charge on any atom is 0.322 e. The fourth-order valence-electron chi connectivity index (χ4n) is 1.29. The largest absolute Gasteiger partial charge is 0.467 e. The minimum Gasteiger partial charge on any atom is -0.467 e. The molecule has 0 amide bonds. The van der Waals surface area contributed by atoms with E-state index < -0.39 is 0 Å². The molecule has 6 nitrogen and oxygen atoms in total. The molecule has 0 aliphatic carbocycles. The van der Waals surface area contributed by atoms with Crippen molar-refractivity contribution in [3.63, 3.8) is 0 Å². The molecule has 2 aromatic rings. The van der Waals surface area contributed by atoms with Crippen LogP contribution in [0.25, 0.3) is 0 Å². The van der Waals surface area contributed by atoms with Crippen molar-refractivity contribution in [3.8, 4) is 6.01 Å². The van der Waals surface area contributed by atoms with Gasteiger partial charge < -0.3 is 15.8 Å². The van der Waals surface area contributed by atoms with Crippen LogP contribution < -0.4 is 15.8 Å². The Balaban J connectivity index is 1.92. The summed E-state index contributed by atoms with van der Waals surface area (Å²) in [6.07, 6.45) is 0.922. The second kappa shape index (κ2) is 5.44. The molecule has 7 heteroatoms. The number of hydrogen-bond donors (Lipinski definition) is 2. The van der Waals surface area contributed by atoms with Crippen molar-refractivity contribution in [1.82, 2.24) is 15.0 Å². The summed E-state index contributed by atoms with van der Waals surface area (Å²) in [5, 5.41) is 5.14. The van der Waals surface area contributed by atoms with Crippen molar-refractivity contribution < 1.29 is 4.74 Å². The molecule has 0 fully saturated rings. The highest BCUT2D eigenvalue weighted by Crippen LogP contribution is 2.11. The summed E-state index contributed by atoms with van der Waals surface area (Å²) < 4.78 is 4.91. The Labute approximate surface area is 103 Å². The Kier molecular flexibility index (Phi) is 3.71. The smallest absolute Gasteiger partial charge is 0.322 e. The summed E-state index contributed by atoms with van der Waals surface area (Å²) in [7, 11) is 1.49. The summed E-state index contributed by atoms with van der Waals surface area (Å²) in [5.74, 6) is 0.585. The van der Waals surface area contributed by atoms with E-state index in [-0.39, 0.29) is 12.0 Å². The summed E-state index contributed by atoms with van der Waals surface area (Å²) in [5.41, 5.74) is 5.52. The molecule has 0 saturated heterocycles. The van der Waals surface area contributed by atoms with Crippen LogP contribution in [0.1, 0.15) is 4.88 Å². The molecule has 0 spiro atoms. The van der Waals surface area contributed by atoms with E-state index in [0.29, 0.717) is 5.95 Å². The highest BCUT2D eigenvalue weighted by Gasteiger charge is 2.03. The van der Waals surface area contributed by atoms with Crippen molar-refractivity contribution in [2.45, 2.75) is 6.42 Å². The molecule has 2 rings (SSSR count). The van der Waals surface area contributed by atoms with Crippen LogP contribution in [0.5, 0.6) is 6.01 Å². The lowest BCUT2D eigenvalue weighted by Gasteiger charge is -2.05. The van der Waals surface area contributed by atoms with E-state index in [1.165, 1.54) is 12.0 Å².